The number of amides is 2. The summed E-state index contributed by atoms with van der Waals surface area (Å²) < 4.78 is 5.22. The van der Waals surface area contributed by atoms with E-state index in [-0.39, 0.29) is 12.1 Å². The molecule has 116 valence electrons. The van der Waals surface area contributed by atoms with Crippen molar-refractivity contribution in [3.8, 4) is 0 Å². The number of rotatable bonds is 1. The van der Waals surface area contributed by atoms with E-state index in [9.17, 15) is 19.5 Å². The molecule has 7 nitrogen and oxygen atoms in total. The Balaban J connectivity index is 2.07. The SMILES string of the molecule is C=C1C(=O)N2[C@H]3C(=CC=C[C@@H]3OC(C)=O)C[C@@]2(O)C(=O)N1C. The van der Waals surface area contributed by atoms with Gasteiger partial charge in [0.25, 0.3) is 11.8 Å². The summed E-state index contributed by atoms with van der Waals surface area (Å²) >= 11 is 0. The third-order valence-corrected chi connectivity index (χ3v) is 4.25. The molecule has 2 saturated heterocycles. The number of aliphatic hydroxyl groups is 1. The van der Waals surface area contributed by atoms with Crippen molar-refractivity contribution in [1.29, 1.82) is 0 Å². The van der Waals surface area contributed by atoms with Gasteiger partial charge in [-0.05, 0) is 11.6 Å². The summed E-state index contributed by atoms with van der Waals surface area (Å²) in [5.41, 5.74) is -1.32. The number of allylic oxidation sites excluding steroid dienone is 2. The van der Waals surface area contributed by atoms with Crippen LogP contribution in [0.25, 0.3) is 0 Å². The van der Waals surface area contributed by atoms with Gasteiger partial charge in [0.2, 0.25) is 5.72 Å². The van der Waals surface area contributed by atoms with Gasteiger partial charge in [-0.3, -0.25) is 19.3 Å². The van der Waals surface area contributed by atoms with Crippen LogP contribution in [0.5, 0.6) is 0 Å². The lowest BCUT2D eigenvalue weighted by atomic mass is 9.96. The summed E-state index contributed by atoms with van der Waals surface area (Å²) in [6.07, 6.45) is 4.29. The zero-order valence-corrected chi connectivity index (χ0v) is 12.3. The number of nitrogens with zero attached hydrogens (tertiary/aromatic N) is 2. The van der Waals surface area contributed by atoms with Crippen molar-refractivity contribution in [1.82, 2.24) is 9.80 Å². The molecule has 3 aliphatic rings. The molecule has 2 fully saturated rings. The highest BCUT2D eigenvalue weighted by molar-refractivity contribution is 6.06. The minimum atomic E-state index is -1.96. The molecular formula is C15H16N2O5. The fourth-order valence-electron chi connectivity index (χ4n) is 3.22. The van der Waals surface area contributed by atoms with Gasteiger partial charge in [-0.15, -0.1) is 0 Å². The van der Waals surface area contributed by atoms with E-state index in [4.69, 9.17) is 4.74 Å². The van der Waals surface area contributed by atoms with Crippen LogP contribution < -0.4 is 0 Å². The van der Waals surface area contributed by atoms with E-state index in [1.165, 1.54) is 14.0 Å². The molecule has 0 radical (unpaired) electrons. The number of piperazine rings is 1. The quantitative estimate of drug-likeness (QED) is 0.530. The van der Waals surface area contributed by atoms with E-state index in [2.05, 4.69) is 6.58 Å². The minimum absolute atomic E-state index is 0.0119. The van der Waals surface area contributed by atoms with Crippen molar-refractivity contribution in [2.75, 3.05) is 7.05 Å². The number of ether oxygens (including phenoxy) is 1. The topological polar surface area (TPSA) is 87.1 Å². The van der Waals surface area contributed by atoms with Crippen LogP contribution in [0.4, 0.5) is 0 Å². The molecule has 0 unspecified atom stereocenters. The number of hydrogen-bond acceptors (Lipinski definition) is 5. The summed E-state index contributed by atoms with van der Waals surface area (Å²) in [6, 6.07) is -0.694. The average molecular weight is 304 g/mol. The second-order valence-electron chi connectivity index (χ2n) is 5.62. The highest BCUT2D eigenvalue weighted by Crippen LogP contribution is 2.44. The first-order valence-electron chi connectivity index (χ1n) is 6.85. The maximum absolute atomic E-state index is 12.5. The molecule has 22 heavy (non-hydrogen) atoms. The Morgan fingerprint density at radius 1 is 1.50 bits per heavy atom. The average Bonchev–Trinajstić information content (AvgIpc) is 2.77. The molecule has 0 aromatic heterocycles. The van der Waals surface area contributed by atoms with Crippen LogP contribution in [-0.2, 0) is 19.1 Å². The zero-order chi connectivity index (χ0) is 16.2. The zero-order valence-electron chi connectivity index (χ0n) is 12.3. The summed E-state index contributed by atoms with van der Waals surface area (Å²) in [6.45, 7) is 4.87. The number of carbonyl (C=O) groups excluding carboxylic acids is 3. The van der Waals surface area contributed by atoms with Crippen molar-refractivity contribution in [3.05, 3.63) is 36.1 Å². The van der Waals surface area contributed by atoms with Crippen LogP contribution in [0, 0.1) is 0 Å². The maximum Gasteiger partial charge on any atom is 0.303 e. The summed E-state index contributed by atoms with van der Waals surface area (Å²) in [5.74, 6) is -1.67. The van der Waals surface area contributed by atoms with Crippen molar-refractivity contribution >= 4 is 17.8 Å². The van der Waals surface area contributed by atoms with Crippen molar-refractivity contribution in [2.45, 2.75) is 31.2 Å². The molecule has 0 spiro atoms. The van der Waals surface area contributed by atoms with E-state index in [0.29, 0.717) is 5.57 Å². The van der Waals surface area contributed by atoms with E-state index in [1.54, 1.807) is 18.2 Å². The van der Waals surface area contributed by atoms with Gasteiger partial charge >= 0.3 is 5.97 Å². The van der Waals surface area contributed by atoms with Gasteiger partial charge in [0, 0.05) is 20.4 Å². The van der Waals surface area contributed by atoms with Gasteiger partial charge in [0.1, 0.15) is 11.8 Å². The number of carbonyl (C=O) groups is 3. The van der Waals surface area contributed by atoms with Crippen molar-refractivity contribution < 1.29 is 24.2 Å². The molecule has 0 saturated carbocycles. The summed E-state index contributed by atoms with van der Waals surface area (Å²) in [4.78, 5) is 38.4. The highest BCUT2D eigenvalue weighted by Gasteiger charge is 2.62. The normalized spacial score (nSPS) is 33.6. The van der Waals surface area contributed by atoms with Gasteiger partial charge in [0.05, 0.1) is 6.04 Å². The number of fused-ring (bicyclic) bond motifs is 3. The monoisotopic (exact) mass is 304 g/mol. The molecule has 0 bridgehead atoms. The smallest absolute Gasteiger partial charge is 0.303 e. The Kier molecular flexibility index (Phi) is 3.00. The maximum atomic E-state index is 12.5. The lowest BCUT2D eigenvalue weighted by Gasteiger charge is -2.44. The van der Waals surface area contributed by atoms with Gasteiger partial charge in [0.15, 0.2) is 0 Å². The Labute approximate surface area is 127 Å². The van der Waals surface area contributed by atoms with Crippen LogP contribution in [0.3, 0.4) is 0 Å². The predicted molar refractivity (Wildman–Crippen MR) is 74.9 cm³/mol. The lowest BCUT2D eigenvalue weighted by molar-refractivity contribution is -0.187. The molecule has 3 rings (SSSR count). The fourth-order valence-corrected chi connectivity index (χ4v) is 3.22. The van der Waals surface area contributed by atoms with E-state index >= 15 is 0 Å². The molecule has 0 aromatic carbocycles. The first-order chi connectivity index (χ1) is 10.3. The van der Waals surface area contributed by atoms with Crippen molar-refractivity contribution in [3.63, 3.8) is 0 Å². The first-order valence-corrected chi connectivity index (χ1v) is 6.85. The molecule has 2 heterocycles. The molecule has 2 amide bonds. The van der Waals surface area contributed by atoms with E-state index in [1.807, 2.05) is 0 Å². The van der Waals surface area contributed by atoms with Gasteiger partial charge in [-0.1, -0.05) is 18.7 Å². The lowest BCUT2D eigenvalue weighted by Crippen LogP contribution is -2.66. The van der Waals surface area contributed by atoms with Crippen LogP contribution in [-0.4, -0.2) is 57.6 Å². The van der Waals surface area contributed by atoms with Crippen LogP contribution in [0.15, 0.2) is 36.1 Å². The van der Waals surface area contributed by atoms with Gasteiger partial charge in [-0.2, -0.15) is 0 Å². The van der Waals surface area contributed by atoms with Crippen LogP contribution in [0.1, 0.15) is 13.3 Å². The Hall–Kier alpha value is -2.41. The Bertz CT molecular complexity index is 665. The molecule has 3 atom stereocenters. The van der Waals surface area contributed by atoms with E-state index in [0.717, 1.165) is 9.80 Å². The molecule has 1 aliphatic carbocycles. The van der Waals surface area contributed by atoms with Gasteiger partial charge in [-0.25, -0.2) is 0 Å². The minimum Gasteiger partial charge on any atom is -0.456 e. The van der Waals surface area contributed by atoms with Crippen LogP contribution in [0.2, 0.25) is 0 Å². The molecule has 0 aromatic rings. The number of likely N-dealkylation sites (N-methyl/N-ethyl adjacent to an activating group) is 1. The molecule has 2 aliphatic heterocycles. The van der Waals surface area contributed by atoms with Gasteiger partial charge < -0.3 is 14.7 Å². The largest absolute Gasteiger partial charge is 0.456 e. The third-order valence-electron chi connectivity index (χ3n) is 4.25. The number of esters is 1. The second kappa shape index (κ2) is 4.54. The third kappa shape index (κ3) is 1.75. The number of hydrogen-bond donors (Lipinski definition) is 1. The molecule has 7 heteroatoms. The summed E-state index contributed by atoms with van der Waals surface area (Å²) in [7, 11) is 1.40. The highest BCUT2D eigenvalue weighted by atomic mass is 16.5. The van der Waals surface area contributed by atoms with Crippen LogP contribution >= 0.6 is 0 Å². The van der Waals surface area contributed by atoms with Crippen molar-refractivity contribution in [2.24, 2.45) is 0 Å². The second-order valence-corrected chi connectivity index (χ2v) is 5.62. The Morgan fingerprint density at radius 3 is 2.82 bits per heavy atom. The standard InChI is InChI=1S/C15H16N2O5/c1-8-13(19)17-12-10(5-4-6-11(12)22-9(2)18)7-15(17,21)14(20)16(8)3/h4-6,11-12,21H,1,7H2,2-3H3/t11-,12-,15+/m0/s1. The predicted octanol–water partition coefficient (Wildman–Crippen LogP) is -0.311. The first kappa shape index (κ1) is 14.5. The molecule has 1 N–H and O–H groups in total. The summed E-state index contributed by atoms with van der Waals surface area (Å²) in [5, 5.41) is 10.8. The van der Waals surface area contributed by atoms with E-state index < -0.39 is 35.7 Å². The Morgan fingerprint density at radius 2 is 2.18 bits per heavy atom. The fraction of sp³-hybridized carbons (Fsp3) is 0.400. The molecular weight excluding hydrogens is 288 g/mol.